The van der Waals surface area contributed by atoms with Crippen LogP contribution in [0.5, 0.6) is 0 Å². The third-order valence-electron chi connectivity index (χ3n) is 5.89. The zero-order valence-corrected chi connectivity index (χ0v) is 17.1. The Labute approximate surface area is 175 Å². The molecule has 0 spiro atoms. The van der Waals surface area contributed by atoms with Crippen LogP contribution in [0.4, 0.5) is 0 Å². The van der Waals surface area contributed by atoms with Crippen LogP contribution in [0.2, 0.25) is 0 Å². The Kier molecular flexibility index (Phi) is 5.82. The van der Waals surface area contributed by atoms with E-state index in [2.05, 4.69) is 11.4 Å². The van der Waals surface area contributed by atoms with Gasteiger partial charge in [-0.05, 0) is 54.6 Å². The van der Waals surface area contributed by atoms with Gasteiger partial charge in [0, 0.05) is 13.5 Å². The predicted octanol–water partition coefficient (Wildman–Crippen LogP) is 3.58. The van der Waals surface area contributed by atoms with Gasteiger partial charge in [-0.1, -0.05) is 36.8 Å². The highest BCUT2D eigenvalue weighted by Gasteiger charge is 2.23. The summed E-state index contributed by atoms with van der Waals surface area (Å²) in [6, 6.07) is 15.9. The van der Waals surface area contributed by atoms with Gasteiger partial charge in [0.15, 0.2) is 11.4 Å². The van der Waals surface area contributed by atoms with Crippen molar-refractivity contribution in [2.75, 3.05) is 6.54 Å². The summed E-state index contributed by atoms with van der Waals surface area (Å²) in [6.45, 7) is 0.883. The van der Waals surface area contributed by atoms with Crippen molar-refractivity contribution in [1.29, 1.82) is 5.26 Å². The van der Waals surface area contributed by atoms with E-state index in [0.717, 1.165) is 48.0 Å². The molecule has 2 aromatic carbocycles. The van der Waals surface area contributed by atoms with Crippen molar-refractivity contribution in [3.05, 3.63) is 58.6 Å². The highest BCUT2D eigenvalue weighted by Crippen LogP contribution is 2.25. The van der Waals surface area contributed by atoms with Crippen LogP contribution in [0.1, 0.15) is 31.2 Å². The van der Waals surface area contributed by atoms with Crippen molar-refractivity contribution >= 4 is 16.9 Å². The normalized spacial score (nSPS) is 17.5. The maximum Gasteiger partial charge on any atom is 0.419 e. The van der Waals surface area contributed by atoms with Crippen LogP contribution >= 0.6 is 0 Å². The number of benzene rings is 2. The number of carbonyl (C=O) groups excluding carboxylic acids is 1. The van der Waals surface area contributed by atoms with Gasteiger partial charge in [-0.15, -0.1) is 0 Å². The maximum absolute atomic E-state index is 12.5. The molecule has 0 bridgehead atoms. The minimum atomic E-state index is -0.377. The number of nitrogens with one attached hydrogen (secondary N) is 1. The number of Topliss-reactive ketones (excluding diaryl/α,β-unsaturated/α-hetero) is 1. The summed E-state index contributed by atoms with van der Waals surface area (Å²) in [6.07, 6.45) is 3.91. The third-order valence-corrected chi connectivity index (χ3v) is 5.89. The molecule has 2 heterocycles. The van der Waals surface area contributed by atoms with E-state index in [9.17, 15) is 14.9 Å². The van der Waals surface area contributed by atoms with Gasteiger partial charge in [0.2, 0.25) is 0 Å². The van der Waals surface area contributed by atoms with Gasteiger partial charge in [-0.2, -0.15) is 5.26 Å². The fourth-order valence-electron chi connectivity index (χ4n) is 4.10. The number of hydrogen-bond acceptors (Lipinski definition) is 5. The Morgan fingerprint density at radius 3 is 2.70 bits per heavy atom. The van der Waals surface area contributed by atoms with E-state index >= 15 is 0 Å². The quantitative estimate of drug-likeness (QED) is 0.680. The molecule has 0 radical (unpaired) electrons. The van der Waals surface area contributed by atoms with Crippen LogP contribution in [0.25, 0.3) is 22.2 Å². The molecule has 0 unspecified atom stereocenters. The number of oxazole rings is 1. The number of aromatic nitrogens is 1. The largest absolute Gasteiger partial charge is 0.419 e. The number of hydrogen-bond donors (Lipinski definition) is 1. The van der Waals surface area contributed by atoms with Gasteiger partial charge in [-0.25, -0.2) is 4.79 Å². The molecule has 1 N–H and O–H groups in total. The van der Waals surface area contributed by atoms with Gasteiger partial charge in [0.1, 0.15) is 0 Å². The minimum Gasteiger partial charge on any atom is -0.408 e. The van der Waals surface area contributed by atoms with Gasteiger partial charge in [-0.3, -0.25) is 9.36 Å². The van der Waals surface area contributed by atoms with Crippen molar-refractivity contribution < 1.29 is 9.21 Å². The van der Waals surface area contributed by atoms with E-state index in [1.807, 2.05) is 36.4 Å². The number of nitriles is 1. The van der Waals surface area contributed by atoms with E-state index in [1.54, 1.807) is 13.1 Å². The zero-order chi connectivity index (χ0) is 21.1. The highest BCUT2D eigenvalue weighted by atomic mass is 16.4. The summed E-state index contributed by atoms with van der Waals surface area (Å²) < 4.78 is 6.67. The van der Waals surface area contributed by atoms with Crippen LogP contribution < -0.4 is 11.1 Å². The summed E-state index contributed by atoms with van der Waals surface area (Å²) in [7, 11) is 1.69. The molecule has 30 heavy (non-hydrogen) atoms. The molecule has 1 fully saturated rings. The van der Waals surface area contributed by atoms with Crippen molar-refractivity contribution in [2.24, 2.45) is 13.0 Å². The molecule has 6 nitrogen and oxygen atoms in total. The Bertz CT molecular complexity index is 1150. The second-order valence-corrected chi connectivity index (χ2v) is 8.01. The van der Waals surface area contributed by atoms with E-state index in [-0.39, 0.29) is 23.5 Å². The molecule has 1 saturated heterocycles. The van der Waals surface area contributed by atoms with Gasteiger partial charge >= 0.3 is 5.76 Å². The Hall–Kier alpha value is -3.17. The smallest absolute Gasteiger partial charge is 0.408 e. The SMILES string of the molecule is Cn1c(=O)oc2ccc(-c3ccc(C[C@@H](C#N)CC(=O)[C@@H]4CCCCN4)cc3)cc21. The molecule has 4 rings (SSSR count). The molecule has 6 heteroatoms. The third kappa shape index (κ3) is 4.22. The Morgan fingerprint density at radius 1 is 1.23 bits per heavy atom. The average Bonchev–Trinajstić information content (AvgIpc) is 3.07. The first-order valence-corrected chi connectivity index (χ1v) is 10.4. The molecule has 1 aliphatic rings. The van der Waals surface area contributed by atoms with Crippen molar-refractivity contribution in [3.8, 4) is 17.2 Å². The number of piperidine rings is 1. The van der Waals surface area contributed by atoms with E-state index in [0.29, 0.717) is 18.4 Å². The lowest BCUT2D eigenvalue weighted by atomic mass is 9.90. The summed E-state index contributed by atoms with van der Waals surface area (Å²) in [5, 5.41) is 12.8. The predicted molar refractivity (Wildman–Crippen MR) is 115 cm³/mol. The van der Waals surface area contributed by atoms with E-state index < -0.39 is 0 Å². The number of carbonyl (C=O) groups is 1. The number of rotatable bonds is 6. The van der Waals surface area contributed by atoms with Gasteiger partial charge < -0.3 is 9.73 Å². The molecule has 0 saturated carbocycles. The molecule has 3 aromatic rings. The standard InChI is InChI=1S/C24H25N3O3/c1-27-21-14-19(9-10-23(21)30-24(27)29)18-7-5-16(6-8-18)12-17(15-25)13-22(28)20-4-2-3-11-26-20/h5-10,14,17,20,26H,2-4,11-13H2,1H3/t17-,20+/m1/s1. The average molecular weight is 403 g/mol. The lowest BCUT2D eigenvalue weighted by molar-refractivity contribution is -0.122. The zero-order valence-electron chi connectivity index (χ0n) is 17.1. The summed E-state index contributed by atoms with van der Waals surface area (Å²) in [5.74, 6) is -0.543. The highest BCUT2D eigenvalue weighted by molar-refractivity contribution is 5.84. The number of ketones is 1. The van der Waals surface area contributed by atoms with E-state index in [1.165, 1.54) is 4.57 Å². The van der Waals surface area contributed by atoms with Crippen LogP contribution in [0.3, 0.4) is 0 Å². The second kappa shape index (κ2) is 8.68. The number of aryl methyl sites for hydroxylation is 1. The first-order valence-electron chi connectivity index (χ1n) is 10.4. The molecule has 2 atom stereocenters. The first kappa shape index (κ1) is 20.1. The maximum atomic E-state index is 12.5. The molecule has 1 aromatic heterocycles. The topological polar surface area (TPSA) is 88.0 Å². The minimum absolute atomic E-state index is 0.0919. The van der Waals surface area contributed by atoms with Crippen LogP contribution in [-0.4, -0.2) is 22.9 Å². The molecular weight excluding hydrogens is 378 g/mol. The molecule has 154 valence electrons. The molecule has 0 aliphatic carbocycles. The molecule has 1 aliphatic heterocycles. The first-order chi connectivity index (χ1) is 14.5. The van der Waals surface area contributed by atoms with Crippen molar-refractivity contribution in [2.45, 2.75) is 38.1 Å². The fourth-order valence-corrected chi connectivity index (χ4v) is 4.10. The lowest BCUT2D eigenvalue weighted by Crippen LogP contribution is -2.41. The van der Waals surface area contributed by atoms with Gasteiger partial charge in [0.25, 0.3) is 0 Å². The van der Waals surface area contributed by atoms with Crippen molar-refractivity contribution in [1.82, 2.24) is 9.88 Å². The second-order valence-electron chi connectivity index (χ2n) is 8.01. The Morgan fingerprint density at radius 2 is 2.00 bits per heavy atom. The number of nitrogens with zero attached hydrogens (tertiary/aromatic N) is 2. The summed E-state index contributed by atoms with van der Waals surface area (Å²) in [4.78, 5) is 24.2. The fraction of sp³-hybridized carbons (Fsp3) is 0.375. The van der Waals surface area contributed by atoms with Crippen LogP contribution in [-0.2, 0) is 18.3 Å². The monoisotopic (exact) mass is 403 g/mol. The molecule has 0 amide bonds. The lowest BCUT2D eigenvalue weighted by Gasteiger charge is -2.23. The summed E-state index contributed by atoms with van der Waals surface area (Å²) in [5.41, 5.74) is 4.36. The summed E-state index contributed by atoms with van der Waals surface area (Å²) >= 11 is 0. The van der Waals surface area contributed by atoms with Gasteiger partial charge in [0.05, 0.1) is 23.5 Å². The Balaban J connectivity index is 1.45. The molecular formula is C24H25N3O3. The number of fused-ring (bicyclic) bond motifs is 1. The van der Waals surface area contributed by atoms with Crippen LogP contribution in [0.15, 0.2) is 51.7 Å². The van der Waals surface area contributed by atoms with E-state index in [4.69, 9.17) is 4.42 Å². The van der Waals surface area contributed by atoms with Crippen molar-refractivity contribution in [3.63, 3.8) is 0 Å². The van der Waals surface area contributed by atoms with Crippen LogP contribution in [0, 0.1) is 17.2 Å².